The van der Waals surface area contributed by atoms with Crippen LogP contribution in [0.4, 0.5) is 8.78 Å². The predicted octanol–water partition coefficient (Wildman–Crippen LogP) is 4.47. The van der Waals surface area contributed by atoms with Gasteiger partial charge in [0.05, 0.1) is 10.9 Å². The van der Waals surface area contributed by atoms with Crippen LogP contribution in [0.5, 0.6) is 0 Å². The van der Waals surface area contributed by atoms with Crippen molar-refractivity contribution in [2.45, 2.75) is 12.3 Å². The van der Waals surface area contributed by atoms with Crippen LogP contribution in [-0.4, -0.2) is 9.97 Å². The average molecular weight is 289 g/mol. The summed E-state index contributed by atoms with van der Waals surface area (Å²) < 4.78 is 25.7. The van der Waals surface area contributed by atoms with Crippen molar-refractivity contribution in [2.24, 2.45) is 0 Å². The lowest BCUT2D eigenvalue weighted by atomic mass is 10.2. The van der Waals surface area contributed by atoms with E-state index in [1.54, 1.807) is 24.3 Å². The minimum Gasteiger partial charge on any atom is -0.236 e. The van der Waals surface area contributed by atoms with Crippen molar-refractivity contribution in [1.29, 1.82) is 0 Å². The molecule has 0 radical (unpaired) electrons. The third-order valence-corrected chi connectivity index (χ3v) is 2.98. The Kier molecular flexibility index (Phi) is 4.09. The molecule has 2 rings (SSSR count). The van der Waals surface area contributed by atoms with E-state index in [0.29, 0.717) is 10.6 Å². The molecule has 0 aliphatic rings. The summed E-state index contributed by atoms with van der Waals surface area (Å²) in [7, 11) is 0. The van der Waals surface area contributed by atoms with Crippen LogP contribution in [0.2, 0.25) is 5.02 Å². The number of hydrogen-bond donors (Lipinski definition) is 0. The maximum Gasteiger partial charge on any atom is 0.280 e. The molecule has 18 heavy (non-hydrogen) atoms. The van der Waals surface area contributed by atoms with Crippen LogP contribution in [-0.2, 0) is 5.88 Å². The fourth-order valence-corrected chi connectivity index (χ4v) is 1.91. The number of aromatic nitrogens is 2. The molecule has 2 aromatic rings. The molecule has 94 valence electrons. The molecule has 1 heterocycles. The van der Waals surface area contributed by atoms with Crippen molar-refractivity contribution >= 4 is 23.2 Å². The summed E-state index contributed by atoms with van der Waals surface area (Å²) >= 11 is 11.5. The molecular weight excluding hydrogens is 281 g/mol. The second-order valence-corrected chi connectivity index (χ2v) is 4.19. The summed E-state index contributed by atoms with van der Waals surface area (Å²) in [6.45, 7) is 0. The molecule has 2 nitrogen and oxygen atoms in total. The van der Waals surface area contributed by atoms with E-state index in [0.717, 1.165) is 0 Å². The topological polar surface area (TPSA) is 25.8 Å². The second-order valence-electron chi connectivity index (χ2n) is 3.52. The highest BCUT2D eigenvalue weighted by molar-refractivity contribution is 6.33. The zero-order chi connectivity index (χ0) is 13.1. The third-order valence-electron chi connectivity index (χ3n) is 2.36. The Hall–Kier alpha value is -1.26. The highest BCUT2D eigenvalue weighted by Crippen LogP contribution is 2.28. The van der Waals surface area contributed by atoms with Crippen LogP contribution in [0.3, 0.4) is 0 Å². The van der Waals surface area contributed by atoms with Crippen molar-refractivity contribution < 1.29 is 8.78 Å². The average Bonchev–Trinajstić information content (AvgIpc) is 2.38. The first-order valence-corrected chi connectivity index (χ1v) is 5.99. The van der Waals surface area contributed by atoms with Gasteiger partial charge in [0.25, 0.3) is 6.43 Å². The molecule has 0 saturated carbocycles. The standard InChI is InChI=1S/C12H8Cl2F2N2/c13-5-7-6-17-12(18-10(7)11(15)16)8-3-1-2-4-9(8)14/h1-4,6,11H,5H2. The van der Waals surface area contributed by atoms with Crippen molar-refractivity contribution in [3.8, 4) is 11.4 Å². The number of benzene rings is 1. The van der Waals surface area contributed by atoms with Gasteiger partial charge in [0.15, 0.2) is 5.82 Å². The van der Waals surface area contributed by atoms with Gasteiger partial charge in [0.2, 0.25) is 0 Å². The molecule has 0 bridgehead atoms. The Morgan fingerprint density at radius 1 is 1.22 bits per heavy atom. The summed E-state index contributed by atoms with van der Waals surface area (Å²) in [5.74, 6) is 0.118. The van der Waals surface area contributed by atoms with Crippen LogP contribution < -0.4 is 0 Å². The van der Waals surface area contributed by atoms with E-state index < -0.39 is 6.43 Å². The van der Waals surface area contributed by atoms with Crippen LogP contribution in [0.25, 0.3) is 11.4 Å². The summed E-state index contributed by atoms with van der Waals surface area (Å²) in [6, 6.07) is 6.81. The highest BCUT2D eigenvalue weighted by atomic mass is 35.5. The Morgan fingerprint density at radius 3 is 2.56 bits per heavy atom. The summed E-state index contributed by atoms with van der Waals surface area (Å²) in [5, 5.41) is 0.413. The van der Waals surface area contributed by atoms with Crippen molar-refractivity contribution in [2.75, 3.05) is 0 Å². The van der Waals surface area contributed by atoms with Gasteiger partial charge >= 0.3 is 0 Å². The van der Waals surface area contributed by atoms with E-state index in [1.807, 2.05) is 0 Å². The Balaban J connectivity index is 2.54. The summed E-state index contributed by atoms with van der Waals surface area (Å²) in [6.07, 6.45) is -1.39. The monoisotopic (exact) mass is 288 g/mol. The largest absolute Gasteiger partial charge is 0.280 e. The SMILES string of the molecule is FC(F)c1nc(-c2ccccc2Cl)ncc1CCl. The van der Waals surface area contributed by atoms with Gasteiger partial charge in [-0.05, 0) is 12.1 Å². The zero-order valence-corrected chi connectivity index (χ0v) is 10.6. The minimum absolute atomic E-state index is 0.0531. The van der Waals surface area contributed by atoms with Gasteiger partial charge < -0.3 is 0 Å². The van der Waals surface area contributed by atoms with E-state index >= 15 is 0 Å². The number of halogens is 4. The quantitative estimate of drug-likeness (QED) is 0.779. The lowest BCUT2D eigenvalue weighted by Gasteiger charge is -2.08. The smallest absolute Gasteiger partial charge is 0.236 e. The molecule has 0 N–H and O–H groups in total. The second kappa shape index (κ2) is 5.59. The molecule has 6 heteroatoms. The number of alkyl halides is 3. The fourth-order valence-electron chi connectivity index (χ4n) is 1.48. The molecular formula is C12H8Cl2F2N2. The molecule has 0 fully saturated rings. The lowest BCUT2D eigenvalue weighted by molar-refractivity contribution is 0.145. The van der Waals surface area contributed by atoms with Gasteiger partial charge in [-0.2, -0.15) is 0 Å². The van der Waals surface area contributed by atoms with Crippen molar-refractivity contribution in [3.05, 3.63) is 46.7 Å². The molecule has 0 aliphatic carbocycles. The van der Waals surface area contributed by atoms with E-state index in [4.69, 9.17) is 23.2 Å². The van der Waals surface area contributed by atoms with E-state index in [2.05, 4.69) is 9.97 Å². The molecule has 0 saturated heterocycles. The van der Waals surface area contributed by atoms with E-state index in [-0.39, 0.29) is 23.0 Å². The molecule has 0 atom stereocenters. The molecule has 0 aliphatic heterocycles. The number of hydrogen-bond acceptors (Lipinski definition) is 2. The Labute approximate surface area is 113 Å². The first-order chi connectivity index (χ1) is 8.63. The first-order valence-electron chi connectivity index (χ1n) is 5.08. The van der Waals surface area contributed by atoms with Gasteiger partial charge in [-0.1, -0.05) is 23.7 Å². The molecule has 0 unspecified atom stereocenters. The molecule has 0 amide bonds. The van der Waals surface area contributed by atoms with Gasteiger partial charge in [0, 0.05) is 17.3 Å². The number of nitrogens with zero attached hydrogens (tertiary/aromatic N) is 2. The van der Waals surface area contributed by atoms with Gasteiger partial charge in [-0.25, -0.2) is 18.7 Å². The van der Waals surface area contributed by atoms with Crippen LogP contribution in [0.1, 0.15) is 17.7 Å². The first kappa shape index (κ1) is 13.2. The number of rotatable bonds is 3. The third kappa shape index (κ3) is 2.60. The minimum atomic E-state index is -2.69. The highest BCUT2D eigenvalue weighted by Gasteiger charge is 2.17. The Morgan fingerprint density at radius 2 is 1.94 bits per heavy atom. The van der Waals surface area contributed by atoms with Crippen molar-refractivity contribution in [1.82, 2.24) is 9.97 Å². The maximum atomic E-state index is 12.8. The Bertz CT molecular complexity index is 562. The predicted molar refractivity (Wildman–Crippen MR) is 67.0 cm³/mol. The zero-order valence-electron chi connectivity index (χ0n) is 9.08. The van der Waals surface area contributed by atoms with Crippen LogP contribution in [0.15, 0.2) is 30.5 Å². The van der Waals surface area contributed by atoms with Crippen molar-refractivity contribution in [3.63, 3.8) is 0 Å². The lowest BCUT2D eigenvalue weighted by Crippen LogP contribution is -2.01. The molecule has 1 aromatic carbocycles. The van der Waals surface area contributed by atoms with E-state index in [9.17, 15) is 8.78 Å². The van der Waals surface area contributed by atoms with Crippen LogP contribution >= 0.6 is 23.2 Å². The van der Waals surface area contributed by atoms with Gasteiger partial charge in [0.1, 0.15) is 5.69 Å². The van der Waals surface area contributed by atoms with Gasteiger partial charge in [-0.15, -0.1) is 11.6 Å². The maximum absolute atomic E-state index is 12.8. The summed E-state index contributed by atoms with van der Waals surface area (Å²) in [4.78, 5) is 7.85. The van der Waals surface area contributed by atoms with Gasteiger partial charge in [-0.3, -0.25) is 0 Å². The molecule has 0 spiro atoms. The van der Waals surface area contributed by atoms with Crippen LogP contribution in [0, 0.1) is 0 Å². The normalized spacial score (nSPS) is 10.9. The fraction of sp³-hybridized carbons (Fsp3) is 0.167. The summed E-state index contributed by atoms with van der Waals surface area (Å²) in [5.41, 5.74) is 0.388. The molecule has 1 aromatic heterocycles. The van der Waals surface area contributed by atoms with E-state index in [1.165, 1.54) is 6.20 Å².